The predicted molar refractivity (Wildman–Crippen MR) is 36.8 cm³/mol. The first-order valence-electron chi connectivity index (χ1n) is 2.48. The molecule has 0 aliphatic heterocycles. The van der Waals surface area contributed by atoms with E-state index < -0.39 is 5.97 Å². The number of hydrogen-bond donors (Lipinski definition) is 2. The smallest absolute Gasteiger partial charge is 1.00 e. The molecule has 0 aliphatic carbocycles. The molecule has 1 aromatic heterocycles. The molecule has 0 saturated carbocycles. The fourth-order valence-electron chi connectivity index (χ4n) is 0.475. The third-order valence-electron chi connectivity index (χ3n) is 0.793. The average Bonchev–Trinajstić information content (AvgIpc) is 2.13. The molecule has 0 aliphatic rings. The van der Waals surface area contributed by atoms with Crippen LogP contribution in [0, 0.1) is 0 Å². The molecule has 0 spiro atoms. The van der Waals surface area contributed by atoms with Crippen molar-refractivity contribution in [3.05, 3.63) is 5.82 Å². The maximum atomic E-state index is 10.1. The van der Waals surface area contributed by atoms with Crippen LogP contribution in [0.5, 0.6) is 0 Å². The van der Waals surface area contributed by atoms with Crippen molar-refractivity contribution in [3.8, 4) is 0 Å². The van der Waals surface area contributed by atoms with Gasteiger partial charge in [-0.05, 0) is 0 Å². The van der Waals surface area contributed by atoms with Crippen LogP contribution < -0.4 is 35.3 Å². The van der Waals surface area contributed by atoms with Crippen molar-refractivity contribution in [1.29, 1.82) is 0 Å². The Balaban J connectivity index is 0. The van der Waals surface area contributed by atoms with E-state index in [-0.39, 0.29) is 43.2 Å². The van der Waals surface area contributed by atoms with Gasteiger partial charge in [-0.1, -0.05) is 0 Å². The van der Waals surface area contributed by atoms with E-state index in [1.54, 1.807) is 0 Å². The first kappa shape index (κ1) is 10.8. The summed E-state index contributed by atoms with van der Waals surface area (Å²) >= 11 is 1.000. The molecule has 1 rings (SSSR count). The maximum Gasteiger partial charge on any atom is 1.00 e. The van der Waals surface area contributed by atoms with Crippen LogP contribution >= 0.6 is 11.5 Å². The van der Waals surface area contributed by atoms with Crippen molar-refractivity contribution in [2.24, 2.45) is 0 Å². The number of hydrogen-bond acceptors (Lipinski definition) is 5. The van der Waals surface area contributed by atoms with E-state index in [0.717, 1.165) is 11.5 Å². The van der Waals surface area contributed by atoms with Crippen LogP contribution in [0.3, 0.4) is 0 Å². The first-order chi connectivity index (χ1) is 4.68. The normalized spacial score (nSPS) is 8.73. The SMILES string of the molecule is Nc1nc(CC(=O)O)ns1.[H-].[Na+]. The molecule has 0 amide bonds. The van der Waals surface area contributed by atoms with Crippen molar-refractivity contribution in [1.82, 2.24) is 9.36 Å². The second-order valence-electron chi connectivity index (χ2n) is 1.62. The van der Waals surface area contributed by atoms with Gasteiger partial charge in [0.2, 0.25) is 0 Å². The third-order valence-corrected chi connectivity index (χ3v) is 1.37. The molecule has 0 bridgehead atoms. The molecular weight excluding hydrogens is 177 g/mol. The number of nitrogen functional groups attached to an aromatic ring is 1. The second kappa shape index (κ2) is 4.66. The molecule has 56 valence electrons. The topological polar surface area (TPSA) is 89.1 Å². The maximum absolute atomic E-state index is 10.1. The molecule has 11 heavy (non-hydrogen) atoms. The van der Waals surface area contributed by atoms with Gasteiger partial charge in [-0.25, -0.2) is 4.98 Å². The summed E-state index contributed by atoms with van der Waals surface area (Å²) in [4.78, 5) is 13.7. The molecule has 0 unspecified atom stereocenters. The second-order valence-corrected chi connectivity index (χ2v) is 2.40. The van der Waals surface area contributed by atoms with E-state index in [2.05, 4.69) is 9.36 Å². The molecule has 0 radical (unpaired) electrons. The van der Waals surface area contributed by atoms with Crippen LogP contribution in [0.4, 0.5) is 5.13 Å². The minimum absolute atomic E-state index is 0. The van der Waals surface area contributed by atoms with Crippen molar-refractivity contribution in [3.63, 3.8) is 0 Å². The minimum Gasteiger partial charge on any atom is -1.00 e. The summed E-state index contributed by atoms with van der Waals surface area (Å²) in [5.74, 6) is -0.673. The largest absolute Gasteiger partial charge is 1.00 e. The molecule has 1 heterocycles. The number of carboxylic acid groups (broad SMARTS) is 1. The Kier molecular flexibility index (Phi) is 4.58. The number of nitrogens with zero attached hydrogens (tertiary/aromatic N) is 2. The van der Waals surface area contributed by atoms with E-state index >= 15 is 0 Å². The van der Waals surface area contributed by atoms with Crippen molar-refractivity contribution in [2.75, 3.05) is 5.73 Å². The van der Waals surface area contributed by atoms with Crippen LogP contribution in [-0.2, 0) is 11.2 Å². The van der Waals surface area contributed by atoms with Gasteiger partial charge in [0.05, 0.1) is 0 Å². The van der Waals surface area contributed by atoms with E-state index in [1.807, 2.05) is 0 Å². The van der Waals surface area contributed by atoms with Crippen molar-refractivity contribution in [2.45, 2.75) is 6.42 Å². The summed E-state index contributed by atoms with van der Waals surface area (Å²) in [5, 5.41) is 8.56. The standard InChI is InChI=1S/C4H5N3O2S.Na.H/c5-4-6-2(7-10-4)1-3(8)9;;/h1H2,(H,8,9)(H2,5,6,7);;/q;+1;-1. The average molecular weight is 183 g/mol. The zero-order valence-corrected chi connectivity index (χ0v) is 8.76. The van der Waals surface area contributed by atoms with Crippen LogP contribution in [0.25, 0.3) is 0 Å². The van der Waals surface area contributed by atoms with Crippen LogP contribution in [0.1, 0.15) is 7.25 Å². The zero-order valence-electron chi connectivity index (χ0n) is 6.94. The van der Waals surface area contributed by atoms with Crippen LogP contribution in [-0.4, -0.2) is 20.4 Å². The van der Waals surface area contributed by atoms with Crippen molar-refractivity contribution < 1.29 is 40.9 Å². The number of carbonyl (C=O) groups is 1. The Morgan fingerprint density at radius 2 is 2.45 bits per heavy atom. The van der Waals surface area contributed by atoms with Gasteiger partial charge in [-0.15, -0.1) is 0 Å². The zero-order chi connectivity index (χ0) is 7.56. The quantitative estimate of drug-likeness (QED) is 0.473. The van der Waals surface area contributed by atoms with Gasteiger partial charge in [-0.2, -0.15) is 4.37 Å². The Bertz CT molecular complexity index is 256. The van der Waals surface area contributed by atoms with Crippen LogP contribution in [0.15, 0.2) is 0 Å². The summed E-state index contributed by atoms with van der Waals surface area (Å²) in [6.07, 6.45) is -0.159. The van der Waals surface area contributed by atoms with Gasteiger partial charge in [-0.3, -0.25) is 4.79 Å². The summed E-state index contributed by atoms with van der Waals surface area (Å²) in [6.45, 7) is 0. The Morgan fingerprint density at radius 1 is 1.82 bits per heavy atom. The molecule has 0 atom stereocenters. The number of rotatable bonds is 2. The van der Waals surface area contributed by atoms with E-state index in [4.69, 9.17) is 10.8 Å². The minimum atomic E-state index is -0.946. The Morgan fingerprint density at radius 3 is 2.82 bits per heavy atom. The number of anilines is 1. The Hall–Kier alpha value is -0.170. The first-order valence-corrected chi connectivity index (χ1v) is 3.25. The van der Waals surface area contributed by atoms with Crippen LogP contribution in [0.2, 0.25) is 0 Å². The fourth-order valence-corrected chi connectivity index (χ4v) is 0.925. The van der Waals surface area contributed by atoms with Gasteiger partial charge in [0.1, 0.15) is 6.42 Å². The van der Waals surface area contributed by atoms with E-state index in [9.17, 15) is 4.79 Å². The third kappa shape index (κ3) is 3.66. The molecule has 1 aromatic rings. The van der Waals surface area contributed by atoms with E-state index in [0.29, 0.717) is 5.13 Å². The molecule has 5 nitrogen and oxygen atoms in total. The molecule has 0 saturated heterocycles. The molecule has 3 N–H and O–H groups in total. The van der Waals surface area contributed by atoms with Gasteiger partial charge in [0, 0.05) is 11.5 Å². The fraction of sp³-hybridized carbons (Fsp3) is 0.250. The van der Waals surface area contributed by atoms with Gasteiger partial charge >= 0.3 is 35.5 Å². The molecule has 0 fully saturated rings. The monoisotopic (exact) mass is 183 g/mol. The number of nitrogens with two attached hydrogens (primary N) is 1. The summed E-state index contributed by atoms with van der Waals surface area (Å²) in [7, 11) is 0. The summed E-state index contributed by atoms with van der Waals surface area (Å²) < 4.78 is 3.68. The number of aliphatic carboxylic acids is 1. The summed E-state index contributed by atoms with van der Waals surface area (Å²) in [6, 6.07) is 0. The molecule has 0 aromatic carbocycles. The number of carboxylic acids is 1. The predicted octanol–water partition coefficient (Wildman–Crippen LogP) is -3.14. The van der Waals surface area contributed by atoms with Gasteiger partial charge in [0.15, 0.2) is 11.0 Å². The van der Waals surface area contributed by atoms with Crippen molar-refractivity contribution >= 4 is 22.6 Å². The Labute approximate surface area is 90.6 Å². The van der Waals surface area contributed by atoms with Gasteiger partial charge in [0.25, 0.3) is 0 Å². The molecule has 7 heteroatoms. The number of aromatic nitrogens is 2. The van der Waals surface area contributed by atoms with E-state index in [1.165, 1.54) is 0 Å². The van der Waals surface area contributed by atoms with Gasteiger partial charge < -0.3 is 12.3 Å². The molecular formula is C4H6N3NaO2S. The summed E-state index contributed by atoms with van der Waals surface area (Å²) in [5.41, 5.74) is 5.21.